The van der Waals surface area contributed by atoms with E-state index in [4.69, 9.17) is 0 Å². The van der Waals surface area contributed by atoms with Crippen LogP contribution < -0.4 is 10.6 Å². The van der Waals surface area contributed by atoms with Gasteiger partial charge in [0.2, 0.25) is 0 Å². The molecule has 0 radical (unpaired) electrons. The first-order valence-corrected chi connectivity index (χ1v) is 11.6. The number of hydrogen-bond donors (Lipinski definition) is 2. The van der Waals surface area contributed by atoms with Gasteiger partial charge < -0.3 is 10.6 Å². The zero-order valence-electron chi connectivity index (χ0n) is 19.8. The van der Waals surface area contributed by atoms with Crippen molar-refractivity contribution in [1.29, 1.82) is 0 Å². The molecule has 0 aliphatic heterocycles. The van der Waals surface area contributed by atoms with Crippen molar-refractivity contribution in [3.63, 3.8) is 0 Å². The highest BCUT2D eigenvalue weighted by Crippen LogP contribution is 2.27. The van der Waals surface area contributed by atoms with E-state index >= 15 is 0 Å². The van der Waals surface area contributed by atoms with Gasteiger partial charge in [-0.2, -0.15) is 0 Å². The van der Waals surface area contributed by atoms with Gasteiger partial charge in [0.25, 0.3) is 0 Å². The van der Waals surface area contributed by atoms with Crippen molar-refractivity contribution in [2.45, 2.75) is 38.6 Å². The molecule has 0 aliphatic carbocycles. The number of allylic oxidation sites excluding steroid dienone is 2. The Kier molecular flexibility index (Phi) is 8.80. The Morgan fingerprint density at radius 1 is 0.912 bits per heavy atom. The molecule has 0 aliphatic rings. The van der Waals surface area contributed by atoms with E-state index in [2.05, 4.69) is 36.8 Å². The van der Waals surface area contributed by atoms with Crippen molar-refractivity contribution in [2.75, 3.05) is 5.32 Å². The number of halogens is 2. The SMILES string of the molecule is C=C(/C=C\C(C)c1ccc(F)cc1)NC(C(=C)Nc1ccccc1CCC)c1cccc(F)c1. The molecule has 0 amide bonds. The summed E-state index contributed by atoms with van der Waals surface area (Å²) in [7, 11) is 0. The number of anilines is 1. The number of benzene rings is 3. The van der Waals surface area contributed by atoms with E-state index in [0.717, 1.165) is 29.7 Å². The predicted molar refractivity (Wildman–Crippen MR) is 139 cm³/mol. The van der Waals surface area contributed by atoms with E-state index in [1.807, 2.05) is 43.3 Å². The van der Waals surface area contributed by atoms with E-state index < -0.39 is 6.04 Å². The molecule has 0 spiro atoms. The highest BCUT2D eigenvalue weighted by Gasteiger charge is 2.17. The summed E-state index contributed by atoms with van der Waals surface area (Å²) >= 11 is 0. The fraction of sp³-hybridized carbons (Fsp3) is 0.200. The maximum absolute atomic E-state index is 14.0. The first-order chi connectivity index (χ1) is 16.4. The zero-order chi connectivity index (χ0) is 24.5. The lowest BCUT2D eigenvalue weighted by Crippen LogP contribution is -2.25. The van der Waals surface area contributed by atoms with Crippen molar-refractivity contribution in [2.24, 2.45) is 0 Å². The molecule has 0 heterocycles. The Labute approximate surface area is 201 Å². The predicted octanol–water partition coefficient (Wildman–Crippen LogP) is 8.05. The highest BCUT2D eigenvalue weighted by atomic mass is 19.1. The molecule has 2 nitrogen and oxygen atoms in total. The van der Waals surface area contributed by atoms with Crippen molar-refractivity contribution in [3.05, 3.63) is 138 Å². The highest BCUT2D eigenvalue weighted by molar-refractivity contribution is 5.56. The Balaban J connectivity index is 1.79. The van der Waals surface area contributed by atoms with Gasteiger partial charge in [0, 0.05) is 17.1 Å². The lowest BCUT2D eigenvalue weighted by Gasteiger charge is -2.25. The molecular weight excluding hydrogens is 426 g/mol. The van der Waals surface area contributed by atoms with Crippen LogP contribution in [-0.2, 0) is 6.42 Å². The van der Waals surface area contributed by atoms with E-state index in [0.29, 0.717) is 11.4 Å². The zero-order valence-corrected chi connectivity index (χ0v) is 19.8. The molecule has 2 unspecified atom stereocenters. The van der Waals surface area contributed by atoms with Crippen molar-refractivity contribution in [3.8, 4) is 0 Å². The number of nitrogens with one attached hydrogen (secondary N) is 2. The maximum atomic E-state index is 14.0. The number of hydrogen-bond acceptors (Lipinski definition) is 2. The minimum Gasteiger partial charge on any atom is -0.373 e. The Morgan fingerprint density at radius 3 is 2.35 bits per heavy atom. The second kappa shape index (κ2) is 12.0. The summed E-state index contributed by atoms with van der Waals surface area (Å²) in [4.78, 5) is 0. The third-order valence-corrected chi connectivity index (χ3v) is 5.67. The van der Waals surface area contributed by atoms with Crippen molar-refractivity contribution in [1.82, 2.24) is 5.32 Å². The summed E-state index contributed by atoms with van der Waals surface area (Å²) in [5.41, 5.74) is 5.29. The molecule has 176 valence electrons. The molecular formula is C30H32F2N2. The van der Waals surface area contributed by atoms with Crippen LogP contribution in [0.25, 0.3) is 0 Å². The van der Waals surface area contributed by atoms with Crippen LogP contribution in [0.3, 0.4) is 0 Å². The summed E-state index contributed by atoms with van der Waals surface area (Å²) in [6, 6.07) is 20.7. The lowest BCUT2D eigenvalue weighted by molar-refractivity contribution is 0.617. The molecule has 34 heavy (non-hydrogen) atoms. The average Bonchev–Trinajstić information content (AvgIpc) is 2.82. The number of aryl methyl sites for hydroxylation is 1. The van der Waals surface area contributed by atoms with Gasteiger partial charge in [-0.15, -0.1) is 0 Å². The third kappa shape index (κ3) is 6.92. The van der Waals surface area contributed by atoms with Gasteiger partial charge in [0.15, 0.2) is 0 Å². The van der Waals surface area contributed by atoms with Gasteiger partial charge in [0.05, 0.1) is 6.04 Å². The summed E-state index contributed by atoms with van der Waals surface area (Å²) in [6.07, 6.45) is 5.87. The van der Waals surface area contributed by atoms with E-state index in [1.54, 1.807) is 18.2 Å². The fourth-order valence-electron chi connectivity index (χ4n) is 3.80. The standard InChI is InChI=1S/C30H32F2N2/c1-5-9-25-10-6-7-13-29(25)34-23(4)30(26-11-8-12-28(32)20-26)33-22(3)15-14-21(2)24-16-18-27(31)19-17-24/h6-8,10-21,30,33-34H,3-5,9H2,1-2H3/b15-14-. The molecule has 0 fully saturated rings. The molecule has 4 heteroatoms. The summed E-state index contributed by atoms with van der Waals surface area (Å²) in [5.74, 6) is -0.487. The topological polar surface area (TPSA) is 24.1 Å². The minimum absolute atomic E-state index is 0.0778. The van der Waals surface area contributed by atoms with Crippen LogP contribution in [0.4, 0.5) is 14.5 Å². The normalized spacial score (nSPS) is 12.8. The number of para-hydroxylation sites is 1. The average molecular weight is 459 g/mol. The molecule has 0 saturated carbocycles. The van der Waals surface area contributed by atoms with Gasteiger partial charge in [-0.05, 0) is 65.4 Å². The van der Waals surface area contributed by atoms with Gasteiger partial charge >= 0.3 is 0 Å². The largest absolute Gasteiger partial charge is 0.373 e. The summed E-state index contributed by atoms with van der Waals surface area (Å²) < 4.78 is 27.3. The van der Waals surface area contributed by atoms with Crippen LogP contribution >= 0.6 is 0 Å². The Bertz CT molecular complexity index is 1150. The van der Waals surface area contributed by atoms with E-state index in [1.165, 1.54) is 29.8 Å². The summed E-state index contributed by atoms with van der Waals surface area (Å²) in [5, 5.41) is 6.81. The Morgan fingerprint density at radius 2 is 1.65 bits per heavy atom. The first-order valence-electron chi connectivity index (χ1n) is 11.6. The molecule has 3 aromatic carbocycles. The van der Waals surface area contributed by atoms with Crippen LogP contribution in [0.15, 0.2) is 110 Å². The maximum Gasteiger partial charge on any atom is 0.123 e. The Hall–Kier alpha value is -3.66. The van der Waals surface area contributed by atoms with E-state index in [9.17, 15) is 8.78 Å². The molecule has 2 N–H and O–H groups in total. The van der Waals surface area contributed by atoms with Crippen LogP contribution in [0.1, 0.15) is 48.9 Å². The van der Waals surface area contributed by atoms with Gasteiger partial charge in [-0.25, -0.2) is 8.78 Å². The lowest BCUT2D eigenvalue weighted by atomic mass is 10.00. The smallest absolute Gasteiger partial charge is 0.123 e. The minimum atomic E-state index is -0.399. The first kappa shape index (κ1) is 25.0. The van der Waals surface area contributed by atoms with E-state index in [-0.39, 0.29) is 17.6 Å². The third-order valence-electron chi connectivity index (χ3n) is 5.67. The quantitative estimate of drug-likeness (QED) is 0.284. The van der Waals surface area contributed by atoms with Gasteiger partial charge in [-0.3, -0.25) is 0 Å². The molecule has 0 bridgehead atoms. The number of rotatable bonds is 11. The van der Waals surface area contributed by atoms with Crippen LogP contribution in [0.5, 0.6) is 0 Å². The van der Waals surface area contributed by atoms with Crippen LogP contribution in [-0.4, -0.2) is 0 Å². The monoisotopic (exact) mass is 458 g/mol. The van der Waals surface area contributed by atoms with Crippen LogP contribution in [0.2, 0.25) is 0 Å². The van der Waals surface area contributed by atoms with Gasteiger partial charge in [0.1, 0.15) is 11.6 Å². The molecule has 2 atom stereocenters. The van der Waals surface area contributed by atoms with Crippen LogP contribution in [0, 0.1) is 11.6 Å². The molecule has 3 rings (SSSR count). The molecule has 0 aromatic heterocycles. The molecule has 3 aromatic rings. The second-order valence-electron chi connectivity index (χ2n) is 8.41. The fourth-order valence-corrected chi connectivity index (χ4v) is 3.80. The molecule has 0 saturated heterocycles. The second-order valence-corrected chi connectivity index (χ2v) is 8.41. The van der Waals surface area contributed by atoms with Crippen molar-refractivity contribution < 1.29 is 8.78 Å². The van der Waals surface area contributed by atoms with Gasteiger partial charge in [-0.1, -0.05) is 82.0 Å². The summed E-state index contributed by atoms with van der Waals surface area (Å²) in [6.45, 7) is 12.6. The van der Waals surface area contributed by atoms with Crippen molar-refractivity contribution >= 4 is 5.69 Å².